The van der Waals surface area contributed by atoms with Crippen molar-refractivity contribution in [3.05, 3.63) is 35.9 Å². The maximum absolute atomic E-state index is 5.51. The first-order chi connectivity index (χ1) is 9.25. The summed E-state index contributed by atoms with van der Waals surface area (Å²) in [6, 6.07) is 10.00. The lowest BCUT2D eigenvalue weighted by atomic mass is 10.1. The molecule has 0 aliphatic carbocycles. The van der Waals surface area contributed by atoms with Crippen LogP contribution < -0.4 is 10.7 Å². The van der Waals surface area contributed by atoms with Gasteiger partial charge in [0.05, 0.1) is 11.8 Å². The molecule has 1 fully saturated rings. The van der Waals surface area contributed by atoms with Gasteiger partial charge in [0, 0.05) is 13.2 Å². The van der Waals surface area contributed by atoms with Crippen LogP contribution in [0.25, 0.3) is 0 Å². The van der Waals surface area contributed by atoms with Gasteiger partial charge in [-0.25, -0.2) is 0 Å². The van der Waals surface area contributed by atoms with Crippen LogP contribution in [0.2, 0.25) is 0 Å². The summed E-state index contributed by atoms with van der Waals surface area (Å²) >= 11 is 5.17. The highest BCUT2D eigenvalue weighted by Crippen LogP contribution is 2.10. The number of benzene rings is 1. The van der Waals surface area contributed by atoms with Gasteiger partial charge < -0.3 is 10.1 Å². The standard InChI is InChI=1S/C14H19N3OS/c1-11(12-6-3-2-4-7-12)16-17-14(19)15-10-13-8-5-9-18-13/h2-4,6-7,13H,5,8-10H2,1H3,(H2,15,17,19)/b16-11+. The Bertz CT molecular complexity index is 441. The first-order valence-corrected chi connectivity index (χ1v) is 6.91. The Kier molecular flexibility index (Phi) is 5.30. The molecule has 1 heterocycles. The van der Waals surface area contributed by atoms with E-state index < -0.39 is 0 Å². The molecule has 1 aromatic carbocycles. The van der Waals surface area contributed by atoms with Crippen molar-refractivity contribution in [2.45, 2.75) is 25.9 Å². The van der Waals surface area contributed by atoms with Crippen LogP contribution in [0.1, 0.15) is 25.3 Å². The van der Waals surface area contributed by atoms with Crippen molar-refractivity contribution in [2.75, 3.05) is 13.2 Å². The summed E-state index contributed by atoms with van der Waals surface area (Å²) in [5, 5.41) is 7.91. The second kappa shape index (κ2) is 7.21. The van der Waals surface area contributed by atoms with Crippen LogP contribution >= 0.6 is 12.2 Å². The molecule has 0 saturated carbocycles. The number of nitrogens with zero attached hydrogens (tertiary/aromatic N) is 1. The fourth-order valence-corrected chi connectivity index (χ4v) is 2.06. The molecule has 102 valence electrons. The van der Waals surface area contributed by atoms with E-state index in [-0.39, 0.29) is 6.10 Å². The number of hydrogen-bond donors (Lipinski definition) is 2. The molecule has 0 radical (unpaired) electrons. The number of rotatable bonds is 4. The van der Waals surface area contributed by atoms with Crippen molar-refractivity contribution in [1.29, 1.82) is 0 Å². The fraction of sp³-hybridized carbons (Fsp3) is 0.429. The third kappa shape index (κ3) is 4.61. The molecule has 19 heavy (non-hydrogen) atoms. The van der Waals surface area contributed by atoms with Gasteiger partial charge in [-0.2, -0.15) is 5.10 Å². The van der Waals surface area contributed by atoms with Gasteiger partial charge in [0.15, 0.2) is 5.11 Å². The van der Waals surface area contributed by atoms with E-state index >= 15 is 0 Å². The topological polar surface area (TPSA) is 45.7 Å². The third-order valence-corrected chi connectivity index (χ3v) is 3.27. The normalized spacial score (nSPS) is 19.2. The van der Waals surface area contributed by atoms with Gasteiger partial charge >= 0.3 is 0 Å². The Hall–Kier alpha value is -1.46. The zero-order chi connectivity index (χ0) is 13.5. The third-order valence-electron chi connectivity index (χ3n) is 3.03. The van der Waals surface area contributed by atoms with Gasteiger partial charge in [0.25, 0.3) is 0 Å². The van der Waals surface area contributed by atoms with Gasteiger partial charge in [0.1, 0.15) is 0 Å². The molecule has 1 atom stereocenters. The van der Waals surface area contributed by atoms with Crippen molar-refractivity contribution in [3.8, 4) is 0 Å². The van der Waals surface area contributed by atoms with Crippen molar-refractivity contribution >= 4 is 23.0 Å². The van der Waals surface area contributed by atoms with E-state index in [1.807, 2.05) is 37.3 Å². The lowest BCUT2D eigenvalue weighted by Gasteiger charge is -2.12. The molecule has 4 nitrogen and oxygen atoms in total. The average Bonchev–Trinajstić information content (AvgIpc) is 2.96. The molecule has 2 rings (SSSR count). The number of thiocarbonyl (C=S) groups is 1. The van der Waals surface area contributed by atoms with Crippen LogP contribution in [0.15, 0.2) is 35.4 Å². The van der Waals surface area contributed by atoms with Crippen LogP contribution in [-0.4, -0.2) is 30.1 Å². The van der Waals surface area contributed by atoms with Crippen molar-refractivity contribution in [3.63, 3.8) is 0 Å². The smallest absolute Gasteiger partial charge is 0.187 e. The molecule has 5 heteroatoms. The molecule has 1 aliphatic heterocycles. The minimum Gasteiger partial charge on any atom is -0.376 e. The minimum absolute atomic E-state index is 0.277. The van der Waals surface area contributed by atoms with E-state index in [1.165, 1.54) is 0 Å². The second-order valence-electron chi connectivity index (χ2n) is 4.52. The molecule has 0 amide bonds. The summed E-state index contributed by atoms with van der Waals surface area (Å²) in [5.74, 6) is 0. The Morgan fingerprint density at radius 2 is 2.21 bits per heavy atom. The number of ether oxygens (including phenoxy) is 1. The maximum Gasteiger partial charge on any atom is 0.187 e. The minimum atomic E-state index is 0.277. The zero-order valence-corrected chi connectivity index (χ0v) is 11.9. The lowest BCUT2D eigenvalue weighted by molar-refractivity contribution is 0.114. The predicted octanol–water partition coefficient (Wildman–Crippen LogP) is 2.05. The molecule has 1 aliphatic rings. The molecule has 1 aromatic rings. The lowest BCUT2D eigenvalue weighted by Crippen LogP contribution is -2.37. The maximum atomic E-state index is 5.51. The van der Waals surface area contributed by atoms with Gasteiger partial charge in [-0.3, -0.25) is 5.43 Å². The molecule has 1 unspecified atom stereocenters. The van der Waals surface area contributed by atoms with Crippen LogP contribution in [0.4, 0.5) is 0 Å². The van der Waals surface area contributed by atoms with Crippen LogP contribution in [0.3, 0.4) is 0 Å². The second-order valence-corrected chi connectivity index (χ2v) is 4.93. The van der Waals surface area contributed by atoms with E-state index in [4.69, 9.17) is 17.0 Å². The van der Waals surface area contributed by atoms with Crippen molar-refractivity contribution < 1.29 is 4.74 Å². The van der Waals surface area contributed by atoms with E-state index in [9.17, 15) is 0 Å². The Labute approximate surface area is 119 Å². The summed E-state index contributed by atoms with van der Waals surface area (Å²) in [4.78, 5) is 0. The van der Waals surface area contributed by atoms with E-state index in [0.717, 1.165) is 37.3 Å². The molecule has 1 saturated heterocycles. The summed E-state index contributed by atoms with van der Waals surface area (Å²) in [6.45, 7) is 3.55. The van der Waals surface area contributed by atoms with Gasteiger partial charge in [-0.05, 0) is 37.5 Å². The molecular formula is C14H19N3OS. The van der Waals surface area contributed by atoms with E-state index in [1.54, 1.807) is 0 Å². The Balaban J connectivity index is 1.76. The highest BCUT2D eigenvalue weighted by molar-refractivity contribution is 7.80. The highest BCUT2D eigenvalue weighted by Gasteiger charge is 2.14. The summed E-state index contributed by atoms with van der Waals surface area (Å²) in [7, 11) is 0. The summed E-state index contributed by atoms with van der Waals surface area (Å²) < 4.78 is 5.51. The summed E-state index contributed by atoms with van der Waals surface area (Å²) in [5.41, 5.74) is 4.84. The number of hydrazone groups is 1. The molecule has 0 spiro atoms. The molecule has 2 N–H and O–H groups in total. The molecule has 0 bridgehead atoms. The highest BCUT2D eigenvalue weighted by atomic mass is 32.1. The zero-order valence-electron chi connectivity index (χ0n) is 11.1. The Morgan fingerprint density at radius 3 is 2.89 bits per heavy atom. The number of nitrogens with one attached hydrogen (secondary N) is 2. The Morgan fingerprint density at radius 1 is 1.42 bits per heavy atom. The summed E-state index contributed by atoms with van der Waals surface area (Å²) in [6.07, 6.45) is 2.51. The largest absolute Gasteiger partial charge is 0.376 e. The van der Waals surface area contributed by atoms with Gasteiger partial charge in [0.2, 0.25) is 0 Å². The van der Waals surface area contributed by atoms with E-state index in [0.29, 0.717) is 5.11 Å². The molecular weight excluding hydrogens is 258 g/mol. The average molecular weight is 277 g/mol. The predicted molar refractivity (Wildman–Crippen MR) is 81.4 cm³/mol. The van der Waals surface area contributed by atoms with Crippen LogP contribution in [-0.2, 0) is 4.74 Å². The fourth-order valence-electron chi connectivity index (χ4n) is 1.93. The number of hydrogen-bond acceptors (Lipinski definition) is 3. The molecule has 0 aromatic heterocycles. The SMILES string of the molecule is C/C(=N\NC(=S)NCC1CCCO1)c1ccccc1. The monoisotopic (exact) mass is 277 g/mol. The van der Waals surface area contributed by atoms with Crippen molar-refractivity contribution in [2.24, 2.45) is 5.10 Å². The quantitative estimate of drug-likeness (QED) is 0.502. The van der Waals surface area contributed by atoms with Crippen molar-refractivity contribution in [1.82, 2.24) is 10.7 Å². The first-order valence-electron chi connectivity index (χ1n) is 6.51. The first kappa shape index (κ1) is 14.0. The van der Waals surface area contributed by atoms with E-state index in [2.05, 4.69) is 15.8 Å². The van der Waals surface area contributed by atoms with Crippen LogP contribution in [0, 0.1) is 0 Å². The van der Waals surface area contributed by atoms with Gasteiger partial charge in [-0.1, -0.05) is 30.3 Å². The van der Waals surface area contributed by atoms with Crippen LogP contribution in [0.5, 0.6) is 0 Å². The van der Waals surface area contributed by atoms with Gasteiger partial charge in [-0.15, -0.1) is 0 Å².